The van der Waals surface area contributed by atoms with E-state index in [4.69, 9.17) is 4.42 Å². The molecular formula is C17H13FO4. The molecule has 0 radical (unpaired) electrons. The molecule has 0 atom stereocenters. The summed E-state index contributed by atoms with van der Waals surface area (Å²) >= 11 is 0. The van der Waals surface area contributed by atoms with Gasteiger partial charge in [-0.15, -0.1) is 0 Å². The van der Waals surface area contributed by atoms with Crippen molar-refractivity contribution in [2.45, 2.75) is 6.92 Å². The van der Waals surface area contributed by atoms with E-state index < -0.39 is 22.7 Å². The van der Waals surface area contributed by atoms with Crippen molar-refractivity contribution < 1.29 is 18.7 Å². The number of halogens is 1. The van der Waals surface area contributed by atoms with Gasteiger partial charge in [0.05, 0.1) is 0 Å². The van der Waals surface area contributed by atoms with Crippen LogP contribution < -0.4 is 5.63 Å². The number of carbonyl (C=O) groups is 1. The standard InChI is InChI=1S/C17H13FO4/c1-11-9-15(20)16(17(21)22-11)14(19)8-3-2-5-12-6-4-7-13(18)10-12/h2-10,20H,1H3/b5-2+,8-3+. The summed E-state index contributed by atoms with van der Waals surface area (Å²) in [7, 11) is 0. The van der Waals surface area contributed by atoms with Gasteiger partial charge in [0.15, 0.2) is 5.78 Å². The van der Waals surface area contributed by atoms with E-state index in [2.05, 4.69) is 0 Å². The minimum absolute atomic E-state index is 0.217. The predicted molar refractivity (Wildman–Crippen MR) is 80.3 cm³/mol. The fourth-order valence-electron chi connectivity index (χ4n) is 1.83. The van der Waals surface area contributed by atoms with Crippen LogP contribution in [0, 0.1) is 12.7 Å². The second kappa shape index (κ2) is 6.67. The van der Waals surface area contributed by atoms with Gasteiger partial charge in [0.25, 0.3) is 0 Å². The van der Waals surface area contributed by atoms with Gasteiger partial charge in [-0.25, -0.2) is 9.18 Å². The molecule has 1 N–H and O–H groups in total. The highest BCUT2D eigenvalue weighted by molar-refractivity contribution is 6.06. The average Bonchev–Trinajstić information content (AvgIpc) is 2.42. The smallest absolute Gasteiger partial charge is 0.351 e. The van der Waals surface area contributed by atoms with Crippen molar-refractivity contribution in [3.05, 3.63) is 81.7 Å². The monoisotopic (exact) mass is 300 g/mol. The van der Waals surface area contributed by atoms with E-state index in [1.807, 2.05) is 0 Å². The predicted octanol–water partition coefficient (Wildman–Crippen LogP) is 3.25. The molecule has 5 heteroatoms. The molecule has 0 fully saturated rings. The maximum atomic E-state index is 13.0. The first-order chi connectivity index (χ1) is 10.5. The van der Waals surface area contributed by atoms with E-state index in [1.54, 1.807) is 18.2 Å². The second-order valence-corrected chi connectivity index (χ2v) is 4.54. The quantitative estimate of drug-likeness (QED) is 0.534. The SMILES string of the molecule is Cc1cc(O)c(C(=O)/C=C/C=C/c2cccc(F)c2)c(=O)o1. The van der Waals surface area contributed by atoms with Crippen molar-refractivity contribution in [2.75, 3.05) is 0 Å². The van der Waals surface area contributed by atoms with Crippen LogP contribution in [0.3, 0.4) is 0 Å². The van der Waals surface area contributed by atoms with Crippen LogP contribution in [0.4, 0.5) is 4.39 Å². The Bertz CT molecular complexity index is 816. The number of allylic oxidation sites excluding steroid dienone is 3. The molecule has 4 nitrogen and oxygen atoms in total. The summed E-state index contributed by atoms with van der Waals surface area (Å²) in [5.41, 5.74) is -0.669. The van der Waals surface area contributed by atoms with E-state index >= 15 is 0 Å². The molecule has 1 heterocycles. The molecular weight excluding hydrogens is 287 g/mol. The topological polar surface area (TPSA) is 67.5 Å². The van der Waals surface area contributed by atoms with Gasteiger partial charge in [-0.05, 0) is 30.7 Å². The lowest BCUT2D eigenvalue weighted by Crippen LogP contribution is -2.12. The van der Waals surface area contributed by atoms with Crippen LogP contribution in [-0.2, 0) is 0 Å². The molecule has 0 aliphatic rings. The van der Waals surface area contributed by atoms with E-state index in [-0.39, 0.29) is 11.6 Å². The number of aryl methyl sites for hydroxylation is 1. The zero-order chi connectivity index (χ0) is 16.1. The molecule has 1 aromatic heterocycles. The Kier molecular flexibility index (Phi) is 4.68. The number of benzene rings is 1. The van der Waals surface area contributed by atoms with Crippen LogP contribution in [0.25, 0.3) is 6.08 Å². The first-order valence-electron chi connectivity index (χ1n) is 6.46. The number of ketones is 1. The summed E-state index contributed by atoms with van der Waals surface area (Å²) in [5.74, 6) is -1.23. The summed E-state index contributed by atoms with van der Waals surface area (Å²) in [4.78, 5) is 23.4. The Morgan fingerprint density at radius 2 is 2.05 bits per heavy atom. The molecule has 0 bridgehead atoms. The van der Waals surface area contributed by atoms with Gasteiger partial charge in [0.1, 0.15) is 22.9 Å². The summed E-state index contributed by atoms with van der Waals surface area (Å²) in [6.45, 7) is 1.49. The highest BCUT2D eigenvalue weighted by Crippen LogP contribution is 2.15. The number of hydrogen-bond acceptors (Lipinski definition) is 4. The maximum absolute atomic E-state index is 13.0. The zero-order valence-electron chi connectivity index (χ0n) is 11.7. The largest absolute Gasteiger partial charge is 0.507 e. The summed E-state index contributed by atoms with van der Waals surface area (Å²) < 4.78 is 17.7. The molecule has 2 aromatic rings. The molecule has 0 unspecified atom stereocenters. The third kappa shape index (κ3) is 3.79. The van der Waals surface area contributed by atoms with Crippen molar-refractivity contribution in [2.24, 2.45) is 0 Å². The lowest BCUT2D eigenvalue weighted by atomic mass is 10.1. The molecule has 0 saturated carbocycles. The van der Waals surface area contributed by atoms with Crippen molar-refractivity contribution in [3.8, 4) is 5.75 Å². The first-order valence-corrected chi connectivity index (χ1v) is 6.46. The van der Waals surface area contributed by atoms with E-state index in [0.717, 1.165) is 6.08 Å². The van der Waals surface area contributed by atoms with Crippen molar-refractivity contribution in [1.82, 2.24) is 0 Å². The third-order valence-corrected chi connectivity index (χ3v) is 2.80. The van der Waals surface area contributed by atoms with Crippen LogP contribution >= 0.6 is 0 Å². The average molecular weight is 300 g/mol. The zero-order valence-corrected chi connectivity index (χ0v) is 11.7. The lowest BCUT2D eigenvalue weighted by Gasteiger charge is -1.99. The van der Waals surface area contributed by atoms with Crippen molar-refractivity contribution in [3.63, 3.8) is 0 Å². The maximum Gasteiger partial charge on any atom is 0.351 e. The fourth-order valence-corrected chi connectivity index (χ4v) is 1.83. The Morgan fingerprint density at radius 1 is 1.27 bits per heavy atom. The van der Waals surface area contributed by atoms with Gasteiger partial charge in [0.2, 0.25) is 0 Å². The summed E-state index contributed by atoms with van der Waals surface area (Å²) in [5, 5.41) is 9.63. The molecule has 0 aliphatic carbocycles. The molecule has 0 saturated heterocycles. The minimum atomic E-state index is -0.888. The van der Waals surface area contributed by atoms with Gasteiger partial charge in [-0.2, -0.15) is 0 Å². The van der Waals surface area contributed by atoms with Gasteiger partial charge < -0.3 is 9.52 Å². The van der Waals surface area contributed by atoms with E-state index in [0.29, 0.717) is 5.56 Å². The number of aromatic hydroxyl groups is 1. The Hall–Kier alpha value is -2.95. The Labute approximate surface area is 125 Å². The molecule has 22 heavy (non-hydrogen) atoms. The van der Waals surface area contributed by atoms with Gasteiger partial charge in [-0.1, -0.05) is 30.4 Å². The van der Waals surface area contributed by atoms with Crippen LogP contribution in [0.5, 0.6) is 5.75 Å². The lowest BCUT2D eigenvalue weighted by molar-refractivity contribution is 0.104. The van der Waals surface area contributed by atoms with Gasteiger partial charge in [0, 0.05) is 6.07 Å². The summed E-state index contributed by atoms with van der Waals surface area (Å²) in [6.07, 6.45) is 5.65. The van der Waals surface area contributed by atoms with Gasteiger partial charge in [-0.3, -0.25) is 4.79 Å². The normalized spacial score (nSPS) is 11.4. The van der Waals surface area contributed by atoms with E-state index in [9.17, 15) is 19.1 Å². The van der Waals surface area contributed by atoms with Crippen molar-refractivity contribution in [1.29, 1.82) is 0 Å². The molecule has 0 aliphatic heterocycles. The second-order valence-electron chi connectivity index (χ2n) is 4.54. The molecule has 1 aromatic carbocycles. The number of carbonyl (C=O) groups excluding carboxylic acids is 1. The molecule has 0 spiro atoms. The Morgan fingerprint density at radius 3 is 2.73 bits per heavy atom. The third-order valence-electron chi connectivity index (χ3n) is 2.80. The van der Waals surface area contributed by atoms with Crippen LogP contribution in [0.2, 0.25) is 0 Å². The molecule has 2 rings (SSSR count). The van der Waals surface area contributed by atoms with Crippen LogP contribution in [0.15, 0.2) is 57.8 Å². The van der Waals surface area contributed by atoms with E-state index in [1.165, 1.54) is 37.3 Å². The Balaban J connectivity index is 2.14. The highest BCUT2D eigenvalue weighted by Gasteiger charge is 2.15. The number of hydrogen-bond donors (Lipinski definition) is 1. The minimum Gasteiger partial charge on any atom is -0.507 e. The molecule has 0 amide bonds. The highest BCUT2D eigenvalue weighted by atomic mass is 19.1. The molecule has 112 valence electrons. The van der Waals surface area contributed by atoms with Gasteiger partial charge >= 0.3 is 5.63 Å². The van der Waals surface area contributed by atoms with Crippen LogP contribution in [-0.4, -0.2) is 10.9 Å². The van der Waals surface area contributed by atoms with Crippen LogP contribution in [0.1, 0.15) is 21.7 Å². The first kappa shape index (κ1) is 15.4. The fraction of sp³-hybridized carbons (Fsp3) is 0.0588. The van der Waals surface area contributed by atoms with Crippen molar-refractivity contribution >= 4 is 11.9 Å². The summed E-state index contributed by atoms with van der Waals surface area (Å²) in [6, 6.07) is 7.14. The number of rotatable bonds is 4.